The van der Waals surface area contributed by atoms with Crippen LogP contribution in [0.25, 0.3) is 5.57 Å². The van der Waals surface area contributed by atoms with Gasteiger partial charge in [-0.1, -0.05) is 23.4 Å². The Labute approximate surface area is 151 Å². The molecule has 2 rings (SSSR count). The number of rotatable bonds is 6. The first-order valence-electron chi connectivity index (χ1n) is 7.95. The fraction of sp³-hybridized carbons (Fsp3) is 0.263. The van der Waals surface area contributed by atoms with Crippen LogP contribution in [0, 0.1) is 20.8 Å². The number of benzene rings is 1. The third-order valence-corrected chi connectivity index (χ3v) is 4.11. The van der Waals surface area contributed by atoms with E-state index in [1.54, 1.807) is 31.3 Å². The summed E-state index contributed by atoms with van der Waals surface area (Å²) in [5, 5.41) is 22.3. The summed E-state index contributed by atoms with van der Waals surface area (Å²) in [4.78, 5) is 20.2. The van der Waals surface area contributed by atoms with E-state index in [9.17, 15) is 15.1 Å². The first kappa shape index (κ1) is 19.1. The molecule has 136 valence electrons. The van der Waals surface area contributed by atoms with Crippen molar-refractivity contribution in [3.63, 3.8) is 0 Å². The molecule has 2 aromatic rings. The molecule has 1 heterocycles. The van der Waals surface area contributed by atoms with Gasteiger partial charge in [0, 0.05) is 18.2 Å². The van der Waals surface area contributed by atoms with Crippen molar-refractivity contribution in [1.82, 2.24) is 9.97 Å². The van der Waals surface area contributed by atoms with Crippen molar-refractivity contribution in [1.29, 1.82) is 0 Å². The summed E-state index contributed by atoms with van der Waals surface area (Å²) < 4.78 is 4.88. The van der Waals surface area contributed by atoms with Gasteiger partial charge in [0.25, 0.3) is 0 Å². The topological polar surface area (TPSA) is 105 Å². The predicted octanol–water partition coefficient (Wildman–Crippen LogP) is 2.89. The van der Waals surface area contributed by atoms with Gasteiger partial charge >= 0.3 is 5.97 Å². The van der Waals surface area contributed by atoms with Crippen molar-refractivity contribution < 1.29 is 19.8 Å². The van der Waals surface area contributed by atoms with E-state index < -0.39 is 5.97 Å². The molecule has 0 aliphatic rings. The Bertz CT molecular complexity index is 888. The number of aromatic nitrogens is 2. The Morgan fingerprint density at radius 2 is 1.92 bits per heavy atom. The number of aliphatic carboxylic acids is 1. The van der Waals surface area contributed by atoms with Gasteiger partial charge in [0.1, 0.15) is 5.57 Å². The number of carbonyl (C=O) groups is 1. The van der Waals surface area contributed by atoms with Gasteiger partial charge in [0.2, 0.25) is 0 Å². The number of hydrogen-bond donors (Lipinski definition) is 2. The molecular weight excluding hydrogens is 334 g/mol. The molecular formula is C19H21N3O4. The number of aryl methyl sites for hydroxylation is 2. The summed E-state index contributed by atoms with van der Waals surface area (Å²) in [7, 11) is 1.39. The summed E-state index contributed by atoms with van der Waals surface area (Å²) in [6.07, 6.45) is 3.09. The van der Waals surface area contributed by atoms with Crippen molar-refractivity contribution in [3.8, 4) is 0 Å². The molecule has 0 aliphatic heterocycles. The van der Waals surface area contributed by atoms with Gasteiger partial charge in [-0.3, -0.25) is 9.97 Å². The van der Waals surface area contributed by atoms with E-state index >= 15 is 0 Å². The third kappa shape index (κ3) is 4.05. The number of hydrogen-bond acceptors (Lipinski definition) is 6. The Morgan fingerprint density at radius 3 is 2.50 bits per heavy atom. The van der Waals surface area contributed by atoms with Crippen LogP contribution in [0.4, 0.5) is 0 Å². The lowest BCUT2D eigenvalue weighted by Gasteiger charge is -2.13. The molecule has 0 radical (unpaired) electrons. The molecule has 7 nitrogen and oxygen atoms in total. The van der Waals surface area contributed by atoms with E-state index in [2.05, 4.69) is 15.1 Å². The second-order valence-corrected chi connectivity index (χ2v) is 5.81. The molecule has 1 aromatic heterocycles. The summed E-state index contributed by atoms with van der Waals surface area (Å²) in [5.41, 5.74) is 4.50. The molecule has 2 N–H and O–H groups in total. The molecule has 0 bridgehead atoms. The summed E-state index contributed by atoms with van der Waals surface area (Å²) in [6, 6.07) is 5.17. The van der Waals surface area contributed by atoms with Gasteiger partial charge in [0.15, 0.2) is 0 Å². The van der Waals surface area contributed by atoms with Crippen LogP contribution in [0.15, 0.2) is 35.8 Å². The Morgan fingerprint density at radius 1 is 1.23 bits per heavy atom. The van der Waals surface area contributed by atoms with Gasteiger partial charge < -0.3 is 15.1 Å². The van der Waals surface area contributed by atoms with Crippen LogP contribution < -0.4 is 0 Å². The zero-order chi connectivity index (χ0) is 19.3. The monoisotopic (exact) mass is 355 g/mol. The normalized spacial score (nSPS) is 12.2. The van der Waals surface area contributed by atoms with Crippen molar-refractivity contribution in [2.45, 2.75) is 27.2 Å². The fourth-order valence-corrected chi connectivity index (χ4v) is 2.62. The SMILES string of the molecule is CO/C=C(/C(=O)O)c1cccc(C(Cc2cnc(C)c(C)n2)=NO)c1C. The van der Waals surface area contributed by atoms with Crippen LogP contribution in [0.5, 0.6) is 0 Å². The number of carboxylic acid groups (broad SMARTS) is 1. The zero-order valence-corrected chi connectivity index (χ0v) is 15.1. The van der Waals surface area contributed by atoms with Gasteiger partial charge in [0.05, 0.1) is 36.2 Å². The molecule has 0 saturated carbocycles. The third-order valence-electron chi connectivity index (χ3n) is 4.11. The maximum atomic E-state index is 11.5. The molecule has 26 heavy (non-hydrogen) atoms. The molecule has 0 saturated heterocycles. The molecule has 1 aromatic carbocycles. The van der Waals surface area contributed by atoms with E-state index in [1.165, 1.54) is 13.4 Å². The van der Waals surface area contributed by atoms with Crippen LogP contribution in [-0.2, 0) is 16.0 Å². The highest BCUT2D eigenvalue weighted by Gasteiger charge is 2.18. The van der Waals surface area contributed by atoms with Crippen molar-refractivity contribution in [2.24, 2.45) is 5.16 Å². The van der Waals surface area contributed by atoms with Crippen LogP contribution in [-0.4, -0.2) is 39.1 Å². The number of carboxylic acids is 1. The zero-order valence-electron chi connectivity index (χ0n) is 15.1. The van der Waals surface area contributed by atoms with Gasteiger partial charge in [-0.2, -0.15) is 0 Å². The Hall–Kier alpha value is -3.22. The van der Waals surface area contributed by atoms with E-state index in [4.69, 9.17) is 4.74 Å². The standard InChI is InChI=1S/C19H21N3O4/c1-11-15(17(10-26-4)19(23)24)6-5-7-16(11)18(22-25)8-14-9-20-12(2)13(3)21-14/h5-7,9-10,25H,8H2,1-4H3,(H,23,24)/b17-10+,22-18?. The smallest absolute Gasteiger partial charge is 0.339 e. The van der Waals surface area contributed by atoms with Crippen LogP contribution in [0.3, 0.4) is 0 Å². The molecule has 0 amide bonds. The number of nitrogens with zero attached hydrogens (tertiary/aromatic N) is 3. The average molecular weight is 355 g/mol. The quantitative estimate of drug-likeness (QED) is 0.271. The highest BCUT2D eigenvalue weighted by Crippen LogP contribution is 2.24. The lowest BCUT2D eigenvalue weighted by molar-refractivity contribution is -0.130. The Balaban J connectivity index is 2.46. The highest BCUT2D eigenvalue weighted by atomic mass is 16.5. The largest absolute Gasteiger partial charge is 0.503 e. The van der Waals surface area contributed by atoms with Crippen LogP contribution in [0.2, 0.25) is 0 Å². The number of methoxy groups -OCH3 is 1. The lowest BCUT2D eigenvalue weighted by atomic mass is 9.93. The predicted molar refractivity (Wildman–Crippen MR) is 97.3 cm³/mol. The molecule has 0 spiro atoms. The maximum absolute atomic E-state index is 11.5. The maximum Gasteiger partial charge on any atom is 0.339 e. The minimum Gasteiger partial charge on any atom is -0.503 e. The number of oxime groups is 1. The van der Waals surface area contributed by atoms with E-state index in [0.717, 1.165) is 11.4 Å². The number of ether oxygens (including phenoxy) is 1. The summed E-state index contributed by atoms with van der Waals surface area (Å²) >= 11 is 0. The first-order chi connectivity index (χ1) is 12.4. The lowest BCUT2D eigenvalue weighted by Crippen LogP contribution is -2.12. The minimum atomic E-state index is -1.10. The molecule has 0 fully saturated rings. The van der Waals surface area contributed by atoms with E-state index in [0.29, 0.717) is 28.1 Å². The molecule has 7 heteroatoms. The first-order valence-corrected chi connectivity index (χ1v) is 7.95. The van der Waals surface area contributed by atoms with Crippen LogP contribution >= 0.6 is 0 Å². The second-order valence-electron chi connectivity index (χ2n) is 5.81. The molecule has 0 atom stereocenters. The van der Waals surface area contributed by atoms with Gasteiger partial charge in [-0.05, 0) is 31.9 Å². The van der Waals surface area contributed by atoms with Crippen molar-refractivity contribution in [3.05, 3.63) is 64.4 Å². The summed E-state index contributed by atoms with van der Waals surface area (Å²) in [6.45, 7) is 5.51. The van der Waals surface area contributed by atoms with E-state index in [1.807, 2.05) is 13.8 Å². The van der Waals surface area contributed by atoms with E-state index in [-0.39, 0.29) is 12.0 Å². The minimum absolute atomic E-state index is 0.0233. The van der Waals surface area contributed by atoms with Crippen molar-refractivity contribution in [2.75, 3.05) is 7.11 Å². The van der Waals surface area contributed by atoms with Crippen molar-refractivity contribution >= 4 is 17.3 Å². The van der Waals surface area contributed by atoms with Gasteiger partial charge in [-0.25, -0.2) is 4.79 Å². The second kappa shape index (κ2) is 8.24. The molecule has 0 aliphatic carbocycles. The fourth-order valence-electron chi connectivity index (χ4n) is 2.62. The highest BCUT2D eigenvalue weighted by molar-refractivity contribution is 6.16. The molecule has 0 unspecified atom stereocenters. The summed E-state index contributed by atoms with van der Waals surface area (Å²) in [5.74, 6) is -1.10. The van der Waals surface area contributed by atoms with Crippen LogP contribution in [0.1, 0.15) is 33.8 Å². The average Bonchev–Trinajstić information content (AvgIpc) is 2.61. The van der Waals surface area contributed by atoms with Gasteiger partial charge in [-0.15, -0.1) is 0 Å². The Kier molecular flexibility index (Phi) is 6.06.